The van der Waals surface area contributed by atoms with Gasteiger partial charge in [-0.1, -0.05) is 29.8 Å². The number of rotatable bonds is 4. The molecular formula is C18H15ClN2O4. The van der Waals surface area contributed by atoms with Crippen LogP contribution >= 0.6 is 11.6 Å². The predicted molar refractivity (Wildman–Crippen MR) is 94.3 cm³/mol. The molecule has 1 atom stereocenters. The van der Waals surface area contributed by atoms with Gasteiger partial charge in [0.25, 0.3) is 0 Å². The first-order valence-electron chi connectivity index (χ1n) is 7.82. The molecule has 2 heterocycles. The quantitative estimate of drug-likeness (QED) is 0.558. The van der Waals surface area contributed by atoms with Crippen molar-refractivity contribution in [1.82, 2.24) is 4.98 Å². The van der Waals surface area contributed by atoms with Crippen LogP contribution in [-0.2, 0) is 0 Å². The molecule has 4 rings (SSSR count). The molecular weight excluding hydrogens is 344 g/mol. The number of halogens is 1. The molecule has 3 aromatic rings. The van der Waals surface area contributed by atoms with E-state index in [9.17, 15) is 10.1 Å². The number of nitrogens with zero attached hydrogens (tertiary/aromatic N) is 1. The Morgan fingerprint density at radius 1 is 1.32 bits per heavy atom. The molecule has 0 saturated heterocycles. The summed E-state index contributed by atoms with van der Waals surface area (Å²) in [7, 11) is 0. The van der Waals surface area contributed by atoms with E-state index < -0.39 is 5.92 Å². The van der Waals surface area contributed by atoms with E-state index in [-0.39, 0.29) is 18.3 Å². The van der Waals surface area contributed by atoms with E-state index in [0.29, 0.717) is 16.5 Å². The highest BCUT2D eigenvalue weighted by atomic mass is 35.5. The predicted octanol–water partition coefficient (Wildman–Crippen LogP) is 4.27. The van der Waals surface area contributed by atoms with Crippen molar-refractivity contribution >= 4 is 22.5 Å². The molecule has 128 valence electrons. The average molecular weight is 359 g/mol. The van der Waals surface area contributed by atoms with Gasteiger partial charge < -0.3 is 14.5 Å². The van der Waals surface area contributed by atoms with Crippen molar-refractivity contribution in [3.05, 3.63) is 68.4 Å². The van der Waals surface area contributed by atoms with Gasteiger partial charge in [-0.05, 0) is 36.2 Å². The van der Waals surface area contributed by atoms with E-state index in [2.05, 4.69) is 4.98 Å². The fraction of sp³-hybridized carbons (Fsp3) is 0.222. The van der Waals surface area contributed by atoms with Gasteiger partial charge in [0, 0.05) is 21.5 Å². The van der Waals surface area contributed by atoms with Crippen LogP contribution in [0.4, 0.5) is 0 Å². The molecule has 1 aromatic heterocycles. The second-order valence-corrected chi connectivity index (χ2v) is 6.42. The zero-order chi connectivity index (χ0) is 17.6. The van der Waals surface area contributed by atoms with Crippen LogP contribution in [0, 0.1) is 17.0 Å². The van der Waals surface area contributed by atoms with Gasteiger partial charge in [0.05, 0.1) is 10.9 Å². The van der Waals surface area contributed by atoms with Crippen molar-refractivity contribution in [2.24, 2.45) is 0 Å². The molecule has 0 aliphatic carbocycles. The summed E-state index contributed by atoms with van der Waals surface area (Å²) in [5, 5.41) is 12.7. The maximum Gasteiger partial charge on any atom is 0.231 e. The summed E-state index contributed by atoms with van der Waals surface area (Å²) >= 11 is 6.29. The van der Waals surface area contributed by atoms with Gasteiger partial charge in [-0.15, -0.1) is 0 Å². The summed E-state index contributed by atoms with van der Waals surface area (Å²) in [5.74, 6) is 0.562. The first-order chi connectivity index (χ1) is 12.0. The minimum atomic E-state index is -0.446. The zero-order valence-corrected chi connectivity index (χ0v) is 14.2. The second kappa shape index (κ2) is 5.97. The molecule has 0 spiro atoms. The van der Waals surface area contributed by atoms with Crippen LogP contribution in [-0.4, -0.2) is 23.2 Å². The Morgan fingerprint density at radius 3 is 2.92 bits per heavy atom. The summed E-state index contributed by atoms with van der Waals surface area (Å²) in [6.07, 6.45) is 0. The lowest BCUT2D eigenvalue weighted by atomic mass is 9.89. The molecule has 0 amide bonds. The Labute approximate surface area is 148 Å². The summed E-state index contributed by atoms with van der Waals surface area (Å²) in [4.78, 5) is 14.4. The summed E-state index contributed by atoms with van der Waals surface area (Å²) in [6, 6.07) is 11.3. The first kappa shape index (κ1) is 15.8. The average Bonchev–Trinajstić information content (AvgIpc) is 3.16. The van der Waals surface area contributed by atoms with E-state index in [0.717, 1.165) is 27.7 Å². The third-order valence-corrected chi connectivity index (χ3v) is 4.76. The normalized spacial score (nSPS) is 14.0. The zero-order valence-electron chi connectivity index (χ0n) is 13.4. The third kappa shape index (κ3) is 2.68. The standard InChI is InChI=1S/C18H15ClN2O4/c1-10-17(12-4-2-3-5-15(12)20-10)13(8-21(22)23)11-6-14(19)18-16(7-11)24-9-25-18/h2-7,13,20H,8-9H2,1H3/t13-/m0/s1. The molecule has 0 fully saturated rings. The van der Waals surface area contributed by atoms with E-state index in [1.807, 2.05) is 31.2 Å². The Balaban J connectivity index is 1.91. The number of aryl methyl sites for hydroxylation is 1. The maximum absolute atomic E-state index is 11.4. The monoisotopic (exact) mass is 358 g/mol. The number of fused-ring (bicyclic) bond motifs is 2. The van der Waals surface area contributed by atoms with Crippen molar-refractivity contribution < 1.29 is 14.4 Å². The molecule has 0 radical (unpaired) electrons. The van der Waals surface area contributed by atoms with Gasteiger partial charge in [0.2, 0.25) is 13.3 Å². The highest BCUT2D eigenvalue weighted by molar-refractivity contribution is 6.32. The number of para-hydroxylation sites is 1. The largest absolute Gasteiger partial charge is 0.454 e. The van der Waals surface area contributed by atoms with Gasteiger partial charge in [-0.3, -0.25) is 10.1 Å². The third-order valence-electron chi connectivity index (χ3n) is 4.48. The van der Waals surface area contributed by atoms with Crippen LogP contribution in [0.3, 0.4) is 0 Å². The minimum absolute atomic E-state index is 0.102. The van der Waals surface area contributed by atoms with E-state index >= 15 is 0 Å². The number of nitro groups is 1. The Hall–Kier alpha value is -2.73. The Morgan fingerprint density at radius 2 is 2.12 bits per heavy atom. The molecule has 1 aliphatic rings. The molecule has 25 heavy (non-hydrogen) atoms. The minimum Gasteiger partial charge on any atom is -0.454 e. The van der Waals surface area contributed by atoms with Crippen LogP contribution in [0.5, 0.6) is 11.5 Å². The molecule has 0 saturated carbocycles. The fourth-order valence-electron chi connectivity index (χ4n) is 3.45. The van der Waals surface area contributed by atoms with Crippen LogP contribution in [0.25, 0.3) is 10.9 Å². The maximum atomic E-state index is 11.4. The summed E-state index contributed by atoms with van der Waals surface area (Å²) in [6.45, 7) is 1.79. The molecule has 6 nitrogen and oxygen atoms in total. The SMILES string of the molecule is Cc1[nH]c2ccccc2c1[C@@H](C[N+](=O)[O-])c1cc(Cl)c2c(c1)OCO2. The molecule has 0 unspecified atom stereocenters. The topological polar surface area (TPSA) is 77.4 Å². The van der Waals surface area contributed by atoms with Crippen LogP contribution in [0.15, 0.2) is 36.4 Å². The number of hydrogen-bond acceptors (Lipinski definition) is 4. The number of hydrogen-bond donors (Lipinski definition) is 1. The van der Waals surface area contributed by atoms with Crippen molar-refractivity contribution in [3.8, 4) is 11.5 Å². The number of aromatic nitrogens is 1. The van der Waals surface area contributed by atoms with Crippen molar-refractivity contribution in [3.63, 3.8) is 0 Å². The van der Waals surface area contributed by atoms with Gasteiger partial charge in [-0.25, -0.2) is 0 Å². The number of aromatic amines is 1. The number of ether oxygens (including phenoxy) is 2. The lowest BCUT2D eigenvalue weighted by molar-refractivity contribution is -0.481. The number of benzene rings is 2. The van der Waals surface area contributed by atoms with Gasteiger partial charge in [0.15, 0.2) is 11.5 Å². The van der Waals surface area contributed by atoms with E-state index in [1.54, 1.807) is 12.1 Å². The summed E-state index contributed by atoms with van der Waals surface area (Å²) in [5.41, 5.74) is 3.50. The smallest absolute Gasteiger partial charge is 0.231 e. The lowest BCUT2D eigenvalue weighted by Crippen LogP contribution is -2.14. The highest BCUT2D eigenvalue weighted by Gasteiger charge is 2.28. The number of H-pyrrole nitrogens is 1. The van der Waals surface area contributed by atoms with Crippen molar-refractivity contribution in [2.75, 3.05) is 13.3 Å². The molecule has 0 bridgehead atoms. The highest BCUT2D eigenvalue weighted by Crippen LogP contribution is 2.43. The summed E-state index contributed by atoms with van der Waals surface area (Å²) < 4.78 is 10.8. The molecule has 1 aliphatic heterocycles. The van der Waals surface area contributed by atoms with E-state index in [1.165, 1.54) is 0 Å². The van der Waals surface area contributed by atoms with Gasteiger partial charge >= 0.3 is 0 Å². The molecule has 2 aromatic carbocycles. The van der Waals surface area contributed by atoms with E-state index in [4.69, 9.17) is 21.1 Å². The van der Waals surface area contributed by atoms with Crippen molar-refractivity contribution in [1.29, 1.82) is 0 Å². The fourth-order valence-corrected chi connectivity index (χ4v) is 3.72. The van der Waals surface area contributed by atoms with Crippen LogP contribution in [0.1, 0.15) is 22.7 Å². The van der Waals surface area contributed by atoms with Gasteiger partial charge in [0.1, 0.15) is 0 Å². The first-order valence-corrected chi connectivity index (χ1v) is 8.20. The molecule has 7 heteroatoms. The van der Waals surface area contributed by atoms with Crippen molar-refractivity contribution in [2.45, 2.75) is 12.8 Å². The lowest BCUT2D eigenvalue weighted by Gasteiger charge is -2.16. The van der Waals surface area contributed by atoms with Crippen LogP contribution in [0.2, 0.25) is 5.02 Å². The second-order valence-electron chi connectivity index (χ2n) is 6.01. The Kier molecular flexibility index (Phi) is 3.77. The van der Waals surface area contributed by atoms with Gasteiger partial charge in [-0.2, -0.15) is 0 Å². The Bertz CT molecular complexity index is 983. The van der Waals surface area contributed by atoms with Crippen LogP contribution < -0.4 is 9.47 Å². The number of nitrogens with one attached hydrogen (secondary N) is 1. The molecule has 1 N–H and O–H groups in total.